The van der Waals surface area contributed by atoms with E-state index in [2.05, 4.69) is 5.16 Å². The van der Waals surface area contributed by atoms with Gasteiger partial charge in [-0.2, -0.15) is 13.2 Å². The number of sulfonamides is 1. The lowest BCUT2D eigenvalue weighted by atomic mass is 9.97. The van der Waals surface area contributed by atoms with Gasteiger partial charge in [-0.3, -0.25) is 4.79 Å². The van der Waals surface area contributed by atoms with E-state index in [0.717, 1.165) is 12.1 Å². The fourth-order valence-electron chi connectivity index (χ4n) is 3.05. The van der Waals surface area contributed by atoms with Crippen LogP contribution in [-0.2, 0) is 26.0 Å². The molecule has 0 bridgehead atoms. The van der Waals surface area contributed by atoms with E-state index >= 15 is 0 Å². The average molecular weight is 510 g/mol. The van der Waals surface area contributed by atoms with Gasteiger partial charge < -0.3 is 9.26 Å². The third-order valence-corrected chi connectivity index (χ3v) is 5.85. The van der Waals surface area contributed by atoms with Gasteiger partial charge in [0, 0.05) is 5.56 Å². The molecule has 8 nitrogen and oxygen atoms in total. The minimum atomic E-state index is -5.07. The number of aromatic nitrogens is 1. The maximum atomic E-state index is 12.9. The van der Waals surface area contributed by atoms with Crippen LogP contribution in [-0.4, -0.2) is 37.2 Å². The number of benzene rings is 2. The molecule has 1 amide bonds. The standard InChI is InChI=1S/C23H21F3N2O6S/c1-22(2,3)33-21(30)28-35(31,32)16-11-9-14(10-12-16)19-17(13-18(29)23(24,25)26)34-27-20(19)15-7-5-4-6-8-15/h4-12H,13H2,1-3H3,(H,28,30). The van der Waals surface area contributed by atoms with Crippen molar-refractivity contribution in [2.75, 3.05) is 0 Å². The fourth-order valence-corrected chi connectivity index (χ4v) is 3.92. The van der Waals surface area contributed by atoms with E-state index in [1.165, 1.54) is 12.1 Å². The normalized spacial score (nSPS) is 12.3. The van der Waals surface area contributed by atoms with Gasteiger partial charge in [0.25, 0.3) is 10.0 Å². The Morgan fingerprint density at radius 2 is 1.57 bits per heavy atom. The van der Waals surface area contributed by atoms with Gasteiger partial charge in [-0.15, -0.1) is 0 Å². The second-order valence-electron chi connectivity index (χ2n) is 8.42. The van der Waals surface area contributed by atoms with Crippen LogP contribution in [0, 0.1) is 0 Å². The van der Waals surface area contributed by atoms with Crippen LogP contribution >= 0.6 is 0 Å². The Labute approximate surface area is 199 Å². The maximum absolute atomic E-state index is 12.9. The second-order valence-corrected chi connectivity index (χ2v) is 10.1. The van der Waals surface area contributed by atoms with Gasteiger partial charge in [0.1, 0.15) is 11.3 Å². The van der Waals surface area contributed by atoms with Crippen LogP contribution < -0.4 is 4.72 Å². The van der Waals surface area contributed by atoms with Gasteiger partial charge in [0.15, 0.2) is 5.76 Å². The summed E-state index contributed by atoms with van der Waals surface area (Å²) < 4.78 is 75.5. The van der Waals surface area contributed by atoms with Crippen molar-refractivity contribution in [1.82, 2.24) is 9.88 Å². The van der Waals surface area contributed by atoms with Crippen molar-refractivity contribution >= 4 is 21.9 Å². The summed E-state index contributed by atoms with van der Waals surface area (Å²) in [5.41, 5.74) is 0.137. The van der Waals surface area contributed by atoms with E-state index in [4.69, 9.17) is 9.26 Å². The number of Topliss-reactive ketones (excluding diaryl/α,β-unsaturated/α-hetero) is 1. The number of halogens is 3. The average Bonchev–Trinajstić information content (AvgIpc) is 3.15. The lowest BCUT2D eigenvalue weighted by molar-refractivity contribution is -0.170. The van der Waals surface area contributed by atoms with Crippen molar-refractivity contribution in [3.63, 3.8) is 0 Å². The molecular weight excluding hydrogens is 489 g/mol. The molecule has 3 rings (SSSR count). The van der Waals surface area contributed by atoms with Crippen molar-refractivity contribution in [2.45, 2.75) is 43.9 Å². The summed E-state index contributed by atoms with van der Waals surface area (Å²) in [4.78, 5) is 23.2. The molecule has 3 aromatic rings. The number of nitrogens with one attached hydrogen (secondary N) is 1. The summed E-state index contributed by atoms with van der Waals surface area (Å²) in [5.74, 6) is -2.34. The van der Waals surface area contributed by atoms with E-state index in [-0.39, 0.29) is 27.5 Å². The summed E-state index contributed by atoms with van der Waals surface area (Å²) >= 11 is 0. The molecule has 0 spiro atoms. The number of carbonyl (C=O) groups excluding carboxylic acids is 2. The molecule has 0 saturated carbocycles. The van der Waals surface area contributed by atoms with Crippen molar-refractivity contribution in [3.05, 3.63) is 60.4 Å². The minimum absolute atomic E-state index is 0.109. The molecule has 0 aliphatic carbocycles. The monoisotopic (exact) mass is 510 g/mol. The van der Waals surface area contributed by atoms with Crippen molar-refractivity contribution in [2.24, 2.45) is 0 Å². The summed E-state index contributed by atoms with van der Waals surface area (Å²) in [6, 6.07) is 13.3. The molecule has 0 radical (unpaired) electrons. The van der Waals surface area contributed by atoms with Crippen molar-refractivity contribution in [3.8, 4) is 22.4 Å². The number of ketones is 1. The Hall–Kier alpha value is -3.67. The molecule has 0 atom stereocenters. The Morgan fingerprint density at radius 3 is 2.11 bits per heavy atom. The molecule has 0 aliphatic heterocycles. The first-order valence-corrected chi connectivity index (χ1v) is 11.7. The first-order valence-electron chi connectivity index (χ1n) is 10.2. The van der Waals surface area contributed by atoms with E-state index in [9.17, 15) is 31.2 Å². The molecule has 2 aromatic carbocycles. The second kappa shape index (κ2) is 9.53. The van der Waals surface area contributed by atoms with Gasteiger partial charge in [0.05, 0.1) is 16.9 Å². The maximum Gasteiger partial charge on any atom is 0.450 e. The van der Waals surface area contributed by atoms with E-state index in [0.29, 0.717) is 5.56 Å². The van der Waals surface area contributed by atoms with Gasteiger partial charge >= 0.3 is 12.3 Å². The predicted molar refractivity (Wildman–Crippen MR) is 119 cm³/mol. The lowest BCUT2D eigenvalue weighted by Gasteiger charge is -2.19. The Kier molecular flexibility index (Phi) is 7.06. The first kappa shape index (κ1) is 25.9. The molecule has 12 heteroatoms. The number of ether oxygens (including phenoxy) is 1. The molecule has 1 N–H and O–H groups in total. The summed E-state index contributed by atoms with van der Waals surface area (Å²) in [6.07, 6.45) is -7.32. The molecule has 0 aliphatic rings. The highest BCUT2D eigenvalue weighted by molar-refractivity contribution is 7.90. The zero-order valence-electron chi connectivity index (χ0n) is 18.8. The zero-order valence-corrected chi connectivity index (χ0v) is 19.7. The molecular formula is C23H21F3N2O6S. The highest BCUT2D eigenvalue weighted by Crippen LogP contribution is 2.36. The summed E-state index contributed by atoms with van der Waals surface area (Å²) in [6.45, 7) is 4.70. The molecule has 35 heavy (non-hydrogen) atoms. The van der Waals surface area contributed by atoms with Crippen molar-refractivity contribution in [1.29, 1.82) is 0 Å². The third-order valence-electron chi connectivity index (χ3n) is 4.52. The number of amides is 1. The van der Waals surface area contributed by atoms with Gasteiger partial charge in [0.2, 0.25) is 5.78 Å². The van der Waals surface area contributed by atoms with Crippen LogP contribution in [0.4, 0.5) is 18.0 Å². The van der Waals surface area contributed by atoms with E-state index in [1.54, 1.807) is 55.8 Å². The Morgan fingerprint density at radius 1 is 0.971 bits per heavy atom. The van der Waals surface area contributed by atoms with Gasteiger partial charge in [-0.1, -0.05) is 47.6 Å². The lowest BCUT2D eigenvalue weighted by Crippen LogP contribution is -2.36. The minimum Gasteiger partial charge on any atom is -0.443 e. The SMILES string of the molecule is CC(C)(C)OC(=O)NS(=O)(=O)c1ccc(-c2c(-c3ccccc3)noc2CC(=O)C(F)(F)F)cc1. The number of hydrogen-bond donors (Lipinski definition) is 1. The number of nitrogens with zero attached hydrogens (tertiary/aromatic N) is 1. The van der Waals surface area contributed by atoms with Crippen molar-refractivity contribution < 1.29 is 40.4 Å². The largest absolute Gasteiger partial charge is 0.450 e. The van der Waals surface area contributed by atoms with E-state index in [1.807, 2.05) is 0 Å². The predicted octanol–water partition coefficient (Wildman–Crippen LogP) is 4.90. The quantitative estimate of drug-likeness (QED) is 0.502. The molecule has 186 valence electrons. The van der Waals surface area contributed by atoms with Gasteiger partial charge in [-0.25, -0.2) is 17.9 Å². The first-order chi connectivity index (χ1) is 16.2. The number of rotatable bonds is 6. The highest BCUT2D eigenvalue weighted by atomic mass is 32.2. The van der Waals surface area contributed by atoms with Crippen LogP contribution in [0.15, 0.2) is 64.0 Å². The number of alkyl halides is 3. The van der Waals surface area contributed by atoms with Crippen LogP contribution in [0.5, 0.6) is 0 Å². The molecule has 0 unspecified atom stereocenters. The van der Waals surface area contributed by atoms with Crippen LogP contribution in [0.1, 0.15) is 26.5 Å². The number of hydrogen-bond acceptors (Lipinski definition) is 7. The van der Waals surface area contributed by atoms with Crippen LogP contribution in [0.25, 0.3) is 22.4 Å². The highest BCUT2D eigenvalue weighted by Gasteiger charge is 2.39. The molecule has 0 fully saturated rings. The third kappa shape index (κ3) is 6.47. The topological polar surface area (TPSA) is 116 Å². The zero-order chi connectivity index (χ0) is 26.0. The Balaban J connectivity index is 1.99. The molecule has 1 heterocycles. The van der Waals surface area contributed by atoms with Crippen LogP contribution in [0.2, 0.25) is 0 Å². The Bertz CT molecular complexity index is 1330. The fraction of sp³-hybridized carbons (Fsp3) is 0.261. The van der Waals surface area contributed by atoms with Crippen LogP contribution in [0.3, 0.4) is 0 Å². The number of carbonyl (C=O) groups is 2. The molecule has 0 saturated heterocycles. The van der Waals surface area contributed by atoms with E-state index < -0.39 is 40.1 Å². The van der Waals surface area contributed by atoms with Gasteiger partial charge in [-0.05, 0) is 38.5 Å². The smallest absolute Gasteiger partial charge is 0.443 e. The molecule has 1 aromatic heterocycles. The summed E-state index contributed by atoms with van der Waals surface area (Å²) in [7, 11) is -4.29. The summed E-state index contributed by atoms with van der Waals surface area (Å²) in [5, 5.41) is 3.86.